The molecule has 0 aromatic heterocycles. The Morgan fingerprint density at radius 1 is 1.17 bits per heavy atom. The van der Waals surface area contributed by atoms with E-state index in [1.807, 2.05) is 31.0 Å². The van der Waals surface area contributed by atoms with E-state index in [1.54, 1.807) is 13.2 Å². The first-order chi connectivity index (χ1) is 17.0. The van der Waals surface area contributed by atoms with Gasteiger partial charge in [-0.05, 0) is 75.5 Å². The van der Waals surface area contributed by atoms with Crippen molar-refractivity contribution in [1.82, 2.24) is 15.5 Å². The summed E-state index contributed by atoms with van der Waals surface area (Å²) in [6.07, 6.45) is 12.5. The molecule has 1 saturated heterocycles. The second-order valence-corrected chi connectivity index (χ2v) is 10.9. The molecule has 35 heavy (non-hydrogen) atoms. The number of unbranched alkanes of at least 4 members (excludes halogenated alkanes) is 1. The van der Waals surface area contributed by atoms with Crippen LogP contribution in [-0.2, 0) is 4.74 Å². The molecule has 1 aromatic rings. The van der Waals surface area contributed by atoms with E-state index in [0.717, 1.165) is 75.3 Å². The summed E-state index contributed by atoms with van der Waals surface area (Å²) in [5.41, 5.74) is 1.91. The summed E-state index contributed by atoms with van der Waals surface area (Å²) in [4.78, 5) is 15.3. The topological polar surface area (TPSA) is 53.6 Å². The van der Waals surface area contributed by atoms with Gasteiger partial charge in [0.2, 0.25) is 0 Å². The van der Waals surface area contributed by atoms with Gasteiger partial charge in [0.15, 0.2) is 0 Å². The number of halogens is 1. The van der Waals surface area contributed by atoms with Gasteiger partial charge in [0, 0.05) is 39.4 Å². The van der Waals surface area contributed by atoms with Gasteiger partial charge in [-0.25, -0.2) is 9.18 Å². The number of hydrogen-bond acceptors (Lipinski definition) is 3. The SMILES string of the molecule is CNCC(CC1CCCCC1)NC(=O)N1CCC[C@@H]([C@@H](CCCCOC)c2cc(C)ccc2F)C1. The van der Waals surface area contributed by atoms with Crippen LogP contribution in [0.3, 0.4) is 0 Å². The van der Waals surface area contributed by atoms with E-state index in [4.69, 9.17) is 4.74 Å². The zero-order valence-electron chi connectivity index (χ0n) is 22.3. The molecule has 198 valence electrons. The molecule has 3 rings (SSSR count). The second kappa shape index (κ2) is 14.8. The maximum absolute atomic E-state index is 15.0. The second-order valence-electron chi connectivity index (χ2n) is 10.9. The molecule has 1 heterocycles. The van der Waals surface area contributed by atoms with Crippen LogP contribution in [0.4, 0.5) is 9.18 Å². The van der Waals surface area contributed by atoms with Gasteiger partial charge in [0.1, 0.15) is 5.82 Å². The van der Waals surface area contributed by atoms with Crippen LogP contribution in [0.1, 0.15) is 87.7 Å². The van der Waals surface area contributed by atoms with E-state index in [-0.39, 0.29) is 29.7 Å². The summed E-state index contributed by atoms with van der Waals surface area (Å²) in [5, 5.41) is 6.62. The van der Waals surface area contributed by atoms with Gasteiger partial charge in [0.25, 0.3) is 0 Å². The summed E-state index contributed by atoms with van der Waals surface area (Å²) in [5.74, 6) is 1.000. The molecule has 1 aliphatic heterocycles. The molecule has 0 radical (unpaired) electrons. The van der Waals surface area contributed by atoms with Crippen molar-refractivity contribution in [3.63, 3.8) is 0 Å². The predicted octanol–water partition coefficient (Wildman–Crippen LogP) is 6.01. The van der Waals surface area contributed by atoms with E-state index < -0.39 is 0 Å². The number of carbonyl (C=O) groups is 1. The van der Waals surface area contributed by atoms with Crippen LogP contribution in [0.2, 0.25) is 0 Å². The number of methoxy groups -OCH3 is 1. The van der Waals surface area contributed by atoms with Gasteiger partial charge >= 0.3 is 6.03 Å². The quantitative estimate of drug-likeness (QED) is 0.353. The fourth-order valence-corrected chi connectivity index (χ4v) is 6.26. The molecule has 1 unspecified atom stereocenters. The lowest BCUT2D eigenvalue weighted by molar-refractivity contribution is 0.146. The Labute approximate surface area is 212 Å². The van der Waals surface area contributed by atoms with Gasteiger partial charge in [-0.1, -0.05) is 56.2 Å². The summed E-state index contributed by atoms with van der Waals surface area (Å²) < 4.78 is 20.2. The molecule has 2 aliphatic rings. The van der Waals surface area contributed by atoms with Crippen LogP contribution in [0, 0.1) is 24.6 Å². The molecule has 3 atom stereocenters. The highest BCUT2D eigenvalue weighted by atomic mass is 19.1. The Morgan fingerprint density at radius 3 is 2.71 bits per heavy atom. The van der Waals surface area contributed by atoms with Crippen LogP contribution in [0.25, 0.3) is 0 Å². The third-order valence-corrected chi connectivity index (χ3v) is 8.10. The number of urea groups is 1. The van der Waals surface area contributed by atoms with Crippen LogP contribution >= 0.6 is 0 Å². The van der Waals surface area contributed by atoms with Gasteiger partial charge in [-0.2, -0.15) is 0 Å². The number of likely N-dealkylation sites (N-methyl/N-ethyl adjacent to an activating group) is 1. The normalized spacial score (nSPS) is 21.0. The Hall–Kier alpha value is -1.66. The minimum absolute atomic E-state index is 0.0496. The van der Waals surface area contributed by atoms with Crippen molar-refractivity contribution < 1.29 is 13.9 Å². The third kappa shape index (κ3) is 8.75. The molecular formula is C29H48FN3O2. The van der Waals surface area contributed by atoms with Crippen LogP contribution in [0.5, 0.6) is 0 Å². The molecular weight excluding hydrogens is 441 g/mol. The predicted molar refractivity (Wildman–Crippen MR) is 141 cm³/mol. The first kappa shape index (κ1) is 27.9. The first-order valence-corrected chi connectivity index (χ1v) is 14.0. The van der Waals surface area contributed by atoms with E-state index in [1.165, 1.54) is 32.1 Å². The summed E-state index contributed by atoms with van der Waals surface area (Å²) in [6.45, 7) is 5.04. The molecule has 2 fully saturated rings. The van der Waals surface area contributed by atoms with Gasteiger partial charge < -0.3 is 20.3 Å². The molecule has 1 saturated carbocycles. The van der Waals surface area contributed by atoms with Crippen molar-refractivity contribution in [1.29, 1.82) is 0 Å². The molecule has 5 nitrogen and oxygen atoms in total. The van der Waals surface area contributed by atoms with E-state index in [9.17, 15) is 9.18 Å². The lowest BCUT2D eigenvalue weighted by Gasteiger charge is -2.38. The van der Waals surface area contributed by atoms with E-state index in [2.05, 4.69) is 10.6 Å². The summed E-state index contributed by atoms with van der Waals surface area (Å²) in [7, 11) is 3.69. The van der Waals surface area contributed by atoms with Gasteiger partial charge in [0.05, 0.1) is 0 Å². The number of benzene rings is 1. The van der Waals surface area contributed by atoms with Crippen LogP contribution in [0.15, 0.2) is 18.2 Å². The lowest BCUT2D eigenvalue weighted by atomic mass is 9.77. The Balaban J connectivity index is 1.66. The number of aryl methyl sites for hydroxylation is 1. The molecule has 0 bridgehead atoms. The smallest absolute Gasteiger partial charge is 0.317 e. The highest BCUT2D eigenvalue weighted by molar-refractivity contribution is 5.74. The monoisotopic (exact) mass is 489 g/mol. The number of hydrogen-bond donors (Lipinski definition) is 2. The van der Waals surface area contributed by atoms with Crippen molar-refractivity contribution in [2.24, 2.45) is 11.8 Å². The van der Waals surface area contributed by atoms with Gasteiger partial charge in [-0.3, -0.25) is 0 Å². The largest absolute Gasteiger partial charge is 0.385 e. The third-order valence-electron chi connectivity index (χ3n) is 8.10. The minimum atomic E-state index is -0.115. The summed E-state index contributed by atoms with van der Waals surface area (Å²) >= 11 is 0. The zero-order chi connectivity index (χ0) is 25.0. The summed E-state index contributed by atoms with van der Waals surface area (Å²) in [6, 6.07) is 5.68. The van der Waals surface area contributed by atoms with Crippen LogP contribution < -0.4 is 10.6 Å². The number of amides is 2. The van der Waals surface area contributed by atoms with Crippen LogP contribution in [-0.4, -0.2) is 57.4 Å². The van der Waals surface area contributed by atoms with E-state index in [0.29, 0.717) is 6.54 Å². The molecule has 0 spiro atoms. The first-order valence-electron chi connectivity index (χ1n) is 14.0. The molecule has 2 amide bonds. The standard InChI is InChI=1S/C29H48FN3O2/c1-22-14-15-28(30)27(18-22)26(13-7-8-17-35-3)24-12-9-16-33(21-24)29(34)32-25(20-31-2)19-23-10-5-4-6-11-23/h14-15,18,23-26,31H,4-13,16-17,19-21H2,1-3H3,(H,32,34)/t24-,25?,26-/m1/s1. The maximum atomic E-state index is 15.0. The number of piperidine rings is 1. The van der Waals surface area contributed by atoms with Crippen molar-refractivity contribution in [3.8, 4) is 0 Å². The highest BCUT2D eigenvalue weighted by Gasteiger charge is 2.32. The number of rotatable bonds is 12. The number of likely N-dealkylation sites (tertiary alicyclic amines) is 1. The van der Waals surface area contributed by atoms with Crippen molar-refractivity contribution in [3.05, 3.63) is 35.1 Å². The minimum Gasteiger partial charge on any atom is -0.385 e. The maximum Gasteiger partial charge on any atom is 0.317 e. The van der Waals surface area contributed by atoms with Crippen molar-refractivity contribution in [2.75, 3.05) is 40.4 Å². The Bertz CT molecular complexity index is 768. The van der Waals surface area contributed by atoms with Gasteiger partial charge in [-0.15, -0.1) is 0 Å². The number of carbonyl (C=O) groups excluding carboxylic acids is 1. The lowest BCUT2D eigenvalue weighted by Crippen LogP contribution is -2.51. The zero-order valence-corrected chi connectivity index (χ0v) is 22.3. The molecule has 1 aromatic carbocycles. The van der Waals surface area contributed by atoms with Crippen molar-refractivity contribution >= 4 is 6.03 Å². The average Bonchev–Trinajstić information content (AvgIpc) is 2.86. The number of nitrogens with zero attached hydrogens (tertiary/aromatic N) is 1. The Morgan fingerprint density at radius 2 is 1.97 bits per heavy atom. The number of ether oxygens (including phenoxy) is 1. The molecule has 2 N–H and O–H groups in total. The molecule has 1 aliphatic carbocycles. The van der Waals surface area contributed by atoms with E-state index >= 15 is 0 Å². The van der Waals surface area contributed by atoms with Crippen molar-refractivity contribution in [2.45, 2.75) is 89.5 Å². The average molecular weight is 490 g/mol. The molecule has 6 heteroatoms. The highest BCUT2D eigenvalue weighted by Crippen LogP contribution is 2.37. The Kier molecular flexibility index (Phi) is 11.8. The number of nitrogens with one attached hydrogen (secondary N) is 2. The fourth-order valence-electron chi connectivity index (χ4n) is 6.26. The fraction of sp³-hybridized carbons (Fsp3) is 0.759.